The molecule has 0 aliphatic rings. The van der Waals surface area contributed by atoms with Gasteiger partial charge in [0.25, 0.3) is 0 Å². The third kappa shape index (κ3) is 5.24. The maximum absolute atomic E-state index is 10.8. The van der Waals surface area contributed by atoms with Gasteiger partial charge >= 0.3 is 12.0 Å². The van der Waals surface area contributed by atoms with Crippen LogP contribution in [0.15, 0.2) is 47.6 Å². The van der Waals surface area contributed by atoms with Crippen LogP contribution in [0.25, 0.3) is 0 Å². The van der Waals surface area contributed by atoms with Crippen LogP contribution in [-0.2, 0) is 6.61 Å². The van der Waals surface area contributed by atoms with Gasteiger partial charge in [-0.25, -0.2) is 15.0 Å². The zero-order valence-electron chi connectivity index (χ0n) is 13.4. The lowest BCUT2D eigenvalue weighted by Gasteiger charge is -2.11. The van der Waals surface area contributed by atoms with Gasteiger partial charge in [-0.2, -0.15) is 5.10 Å². The highest BCUT2D eigenvalue weighted by atomic mass is 16.5. The second kappa shape index (κ2) is 8.34. The summed E-state index contributed by atoms with van der Waals surface area (Å²) < 4.78 is 11.0. The number of carboxylic acids is 1. The molecule has 0 spiro atoms. The summed E-state index contributed by atoms with van der Waals surface area (Å²) in [5.41, 5.74) is 8.74. The first-order valence-corrected chi connectivity index (χ1v) is 7.21. The molecule has 2 amide bonds. The number of nitrogens with one attached hydrogen (secondary N) is 1. The third-order valence-electron chi connectivity index (χ3n) is 3.17. The summed E-state index contributed by atoms with van der Waals surface area (Å²) in [7, 11) is 1.51. The van der Waals surface area contributed by atoms with Crippen molar-refractivity contribution < 1.29 is 24.2 Å². The van der Waals surface area contributed by atoms with Crippen molar-refractivity contribution in [3.8, 4) is 11.5 Å². The molecule has 2 aromatic carbocycles. The van der Waals surface area contributed by atoms with Crippen molar-refractivity contribution in [1.82, 2.24) is 5.43 Å². The number of hydrogen-bond acceptors (Lipinski definition) is 5. The van der Waals surface area contributed by atoms with Gasteiger partial charge in [-0.05, 0) is 41.5 Å². The number of nitrogens with zero attached hydrogens (tertiary/aromatic N) is 1. The number of methoxy groups -OCH3 is 1. The number of carbonyl (C=O) groups is 2. The molecule has 0 aliphatic heterocycles. The number of carboxylic acid groups (broad SMARTS) is 1. The van der Waals surface area contributed by atoms with Crippen LogP contribution in [-0.4, -0.2) is 30.4 Å². The molecule has 0 saturated heterocycles. The van der Waals surface area contributed by atoms with Gasteiger partial charge < -0.3 is 20.3 Å². The molecule has 0 aromatic heterocycles. The highest BCUT2D eigenvalue weighted by Gasteiger charge is 2.07. The van der Waals surface area contributed by atoms with Gasteiger partial charge in [0.1, 0.15) is 6.61 Å². The standard InChI is InChI=1S/C17H17N3O5/c1-24-15-8-12(9-19-20-17(18)23)4-7-14(15)25-10-11-2-5-13(6-3-11)16(21)22/h2-9H,10H2,1H3,(H,21,22)(H3,18,20,23)/b19-9+. The molecule has 0 saturated carbocycles. The van der Waals surface area contributed by atoms with Crippen LogP contribution in [0.3, 0.4) is 0 Å². The Morgan fingerprint density at radius 2 is 1.92 bits per heavy atom. The number of hydrazone groups is 1. The van der Waals surface area contributed by atoms with Gasteiger partial charge in [0.15, 0.2) is 11.5 Å². The zero-order valence-corrected chi connectivity index (χ0v) is 13.4. The smallest absolute Gasteiger partial charge is 0.335 e. The van der Waals surface area contributed by atoms with Crippen molar-refractivity contribution in [3.05, 3.63) is 59.2 Å². The molecule has 0 bridgehead atoms. The molecular weight excluding hydrogens is 326 g/mol. The maximum Gasteiger partial charge on any atom is 0.335 e. The van der Waals surface area contributed by atoms with Gasteiger partial charge in [0.2, 0.25) is 0 Å². The van der Waals surface area contributed by atoms with Crippen molar-refractivity contribution >= 4 is 18.2 Å². The minimum absolute atomic E-state index is 0.217. The second-order valence-electron chi connectivity index (χ2n) is 4.94. The number of hydrogen-bond donors (Lipinski definition) is 3. The van der Waals surface area contributed by atoms with Crippen LogP contribution in [0, 0.1) is 0 Å². The number of urea groups is 1. The lowest BCUT2D eigenvalue weighted by molar-refractivity contribution is 0.0697. The van der Waals surface area contributed by atoms with Crippen LogP contribution in [0.5, 0.6) is 11.5 Å². The SMILES string of the molecule is COc1cc(/C=N/NC(N)=O)ccc1OCc1ccc(C(=O)O)cc1. The quantitative estimate of drug-likeness (QED) is 0.524. The highest BCUT2D eigenvalue weighted by Crippen LogP contribution is 2.28. The number of rotatable bonds is 7. The van der Waals surface area contributed by atoms with Gasteiger partial charge in [-0.15, -0.1) is 0 Å². The molecule has 4 N–H and O–H groups in total. The maximum atomic E-state index is 10.8. The summed E-state index contributed by atoms with van der Waals surface area (Å²) in [6.45, 7) is 0.257. The molecule has 0 atom stereocenters. The predicted molar refractivity (Wildman–Crippen MR) is 91.0 cm³/mol. The minimum atomic E-state index is -0.975. The number of ether oxygens (including phenoxy) is 2. The highest BCUT2D eigenvalue weighted by molar-refractivity contribution is 5.87. The first-order chi connectivity index (χ1) is 12.0. The fraction of sp³-hybridized carbons (Fsp3) is 0.118. The Balaban J connectivity index is 2.04. The summed E-state index contributed by atoms with van der Waals surface area (Å²) in [6, 6.07) is 10.8. The molecular formula is C17H17N3O5. The summed E-state index contributed by atoms with van der Waals surface area (Å²) >= 11 is 0. The molecule has 0 unspecified atom stereocenters. The lowest BCUT2D eigenvalue weighted by atomic mass is 10.1. The Labute approximate surface area is 143 Å². The lowest BCUT2D eigenvalue weighted by Crippen LogP contribution is -2.24. The Bertz CT molecular complexity index is 787. The fourth-order valence-electron chi connectivity index (χ4n) is 1.96. The number of aromatic carboxylic acids is 1. The molecule has 0 aliphatic carbocycles. The first kappa shape index (κ1) is 17.8. The first-order valence-electron chi connectivity index (χ1n) is 7.21. The van der Waals surface area contributed by atoms with Gasteiger partial charge in [-0.3, -0.25) is 0 Å². The zero-order chi connectivity index (χ0) is 18.2. The van der Waals surface area contributed by atoms with E-state index in [0.717, 1.165) is 5.56 Å². The molecule has 8 nitrogen and oxygen atoms in total. The third-order valence-corrected chi connectivity index (χ3v) is 3.17. The Morgan fingerprint density at radius 3 is 2.52 bits per heavy atom. The minimum Gasteiger partial charge on any atom is -0.493 e. The molecule has 25 heavy (non-hydrogen) atoms. The molecule has 0 heterocycles. The normalized spacial score (nSPS) is 10.4. The number of benzene rings is 2. The molecule has 0 fully saturated rings. The summed E-state index contributed by atoms with van der Waals surface area (Å²) in [4.78, 5) is 21.4. The van der Waals surface area contributed by atoms with Gasteiger partial charge in [-0.1, -0.05) is 12.1 Å². The van der Waals surface area contributed by atoms with Crippen molar-refractivity contribution in [3.63, 3.8) is 0 Å². The van der Waals surface area contributed by atoms with Crippen LogP contribution < -0.4 is 20.6 Å². The number of amides is 2. The van der Waals surface area contributed by atoms with E-state index < -0.39 is 12.0 Å². The van der Waals surface area contributed by atoms with Crippen LogP contribution in [0.2, 0.25) is 0 Å². The van der Waals surface area contributed by atoms with Crippen molar-refractivity contribution in [1.29, 1.82) is 0 Å². The largest absolute Gasteiger partial charge is 0.493 e. The molecule has 2 aromatic rings. The Kier molecular flexibility index (Phi) is 5.94. The molecule has 0 radical (unpaired) electrons. The van der Waals surface area contributed by atoms with E-state index in [1.807, 2.05) is 0 Å². The van der Waals surface area contributed by atoms with Gasteiger partial charge in [0, 0.05) is 0 Å². The van der Waals surface area contributed by atoms with E-state index >= 15 is 0 Å². The summed E-state index contributed by atoms with van der Waals surface area (Å²) in [5.74, 6) is 0.0345. The van der Waals surface area contributed by atoms with E-state index in [1.165, 1.54) is 25.5 Å². The fourth-order valence-corrected chi connectivity index (χ4v) is 1.96. The van der Waals surface area contributed by atoms with Crippen LogP contribution >= 0.6 is 0 Å². The number of nitrogens with two attached hydrogens (primary N) is 1. The predicted octanol–water partition coefficient (Wildman–Crippen LogP) is 1.97. The molecule has 8 heteroatoms. The Hall–Kier alpha value is -3.55. The Morgan fingerprint density at radius 1 is 1.20 bits per heavy atom. The number of primary amides is 1. The van der Waals surface area contributed by atoms with E-state index in [0.29, 0.717) is 17.1 Å². The van der Waals surface area contributed by atoms with Crippen molar-refractivity contribution in [2.75, 3.05) is 7.11 Å². The monoisotopic (exact) mass is 343 g/mol. The van der Waals surface area contributed by atoms with Gasteiger partial charge in [0.05, 0.1) is 18.9 Å². The van der Waals surface area contributed by atoms with Crippen molar-refractivity contribution in [2.45, 2.75) is 6.61 Å². The van der Waals surface area contributed by atoms with E-state index in [4.69, 9.17) is 20.3 Å². The molecule has 2 rings (SSSR count). The van der Waals surface area contributed by atoms with E-state index in [-0.39, 0.29) is 12.2 Å². The van der Waals surface area contributed by atoms with Crippen LogP contribution in [0.4, 0.5) is 4.79 Å². The average Bonchev–Trinajstić information content (AvgIpc) is 2.60. The summed E-state index contributed by atoms with van der Waals surface area (Å²) in [6.07, 6.45) is 1.42. The van der Waals surface area contributed by atoms with E-state index in [1.54, 1.807) is 30.3 Å². The van der Waals surface area contributed by atoms with Crippen LogP contribution in [0.1, 0.15) is 21.5 Å². The summed E-state index contributed by atoms with van der Waals surface area (Å²) in [5, 5.41) is 12.5. The average molecular weight is 343 g/mol. The van der Waals surface area contributed by atoms with E-state index in [2.05, 4.69) is 10.5 Å². The second-order valence-corrected chi connectivity index (χ2v) is 4.94. The van der Waals surface area contributed by atoms with Crippen molar-refractivity contribution in [2.24, 2.45) is 10.8 Å². The number of carbonyl (C=O) groups excluding carboxylic acids is 1. The van der Waals surface area contributed by atoms with E-state index in [9.17, 15) is 9.59 Å². The topological polar surface area (TPSA) is 123 Å². The molecule has 130 valence electrons.